The van der Waals surface area contributed by atoms with Crippen molar-refractivity contribution in [3.05, 3.63) is 40.2 Å². The molecule has 0 aliphatic carbocycles. The molecule has 4 aliphatic rings. The third kappa shape index (κ3) is 8.57. The van der Waals surface area contributed by atoms with Crippen molar-refractivity contribution in [2.24, 2.45) is 0 Å². The average molecular weight is 886 g/mol. The number of phenols is 1. The summed E-state index contributed by atoms with van der Waals surface area (Å²) in [6.45, 7) is 7.81. The van der Waals surface area contributed by atoms with Crippen molar-refractivity contribution in [2.45, 2.75) is 78.9 Å². The average Bonchev–Trinajstić information content (AvgIpc) is 3.59. The fraction of sp³-hybridized carbons (Fsp3) is 0.600. The molecule has 7 rings (SSSR count). The van der Waals surface area contributed by atoms with Crippen LogP contribution in [0.1, 0.15) is 52.3 Å². The molecule has 4 aliphatic heterocycles. The minimum absolute atomic E-state index is 0.00864. The normalized spacial score (nSPS) is 21.1. The van der Waals surface area contributed by atoms with Crippen LogP contribution in [0.15, 0.2) is 38.5 Å². The number of benzene rings is 2. The number of halogens is 5. The number of rotatable bonds is 4. The summed E-state index contributed by atoms with van der Waals surface area (Å²) in [7, 11) is -8.07. The van der Waals surface area contributed by atoms with Crippen molar-refractivity contribution in [1.82, 2.24) is 23.8 Å². The molecule has 0 atom stereocenters. The number of aromatic nitrogens is 1. The Balaban J connectivity index is 0.000000208. The number of fused-ring (bicyclic) bond motifs is 1. The number of hydrogen-bond acceptors (Lipinski definition) is 12. The van der Waals surface area contributed by atoms with E-state index < -0.39 is 48.8 Å². The molecule has 4 saturated heterocycles. The van der Waals surface area contributed by atoms with Gasteiger partial charge in [0.2, 0.25) is 25.9 Å². The van der Waals surface area contributed by atoms with E-state index in [2.05, 4.69) is 10.3 Å². The molecule has 0 radical (unpaired) electrons. The van der Waals surface area contributed by atoms with Crippen LogP contribution in [0.3, 0.4) is 0 Å². The van der Waals surface area contributed by atoms with Gasteiger partial charge in [-0.2, -0.15) is 21.8 Å². The number of phenolic OH excluding ortho intramolecular Hbond substituents is 1. The van der Waals surface area contributed by atoms with Gasteiger partial charge in [0.25, 0.3) is 0 Å². The minimum atomic E-state index is -5.02. The van der Waals surface area contributed by atoms with Crippen LogP contribution in [0.5, 0.6) is 5.75 Å². The fourth-order valence-electron chi connectivity index (χ4n) is 7.51. The van der Waals surface area contributed by atoms with Gasteiger partial charge in [0.15, 0.2) is 11.3 Å². The second-order valence-corrected chi connectivity index (χ2v) is 20.2. The molecule has 1 aromatic heterocycles. The van der Waals surface area contributed by atoms with Gasteiger partial charge in [0.1, 0.15) is 15.3 Å². The van der Waals surface area contributed by atoms with Gasteiger partial charge < -0.3 is 34.9 Å². The molecule has 0 saturated carbocycles. The summed E-state index contributed by atoms with van der Waals surface area (Å²) in [5, 5.41) is 13.4. The number of nitrogens with zero attached hydrogens (tertiary/aromatic N) is 4. The molecule has 0 bridgehead atoms. The third-order valence-electron chi connectivity index (χ3n) is 10.8. The number of piperidine rings is 2. The van der Waals surface area contributed by atoms with Crippen LogP contribution in [-0.4, -0.2) is 129 Å². The molecular formula is C35H45Cl2F3N6O9S2. The van der Waals surface area contributed by atoms with Gasteiger partial charge >= 0.3 is 12.1 Å². The molecule has 57 heavy (non-hydrogen) atoms. The molecule has 4 fully saturated rings. The van der Waals surface area contributed by atoms with Crippen molar-refractivity contribution in [3.63, 3.8) is 0 Å². The number of ether oxygens (including phenoxy) is 2. The summed E-state index contributed by atoms with van der Waals surface area (Å²) in [5.74, 6) is -2.08. The second-order valence-electron chi connectivity index (χ2n) is 15.6. The molecule has 1 amide bonds. The SMILES string of the molecule is CC(C)(C)c1nc2ccc(Cl)c(S(=O)(=O)N3CCC4(CC3)COCCN4C(=O)C(F)(F)F)c2o1.Nc1ccc(Cl)c(S(=O)(=O)N2CCC3(CC2)COCCN3)c1O. The van der Waals surface area contributed by atoms with Gasteiger partial charge in [-0.05, 0) is 49.9 Å². The lowest BCUT2D eigenvalue weighted by atomic mass is 9.86. The highest BCUT2D eigenvalue weighted by atomic mass is 35.5. The Morgan fingerprint density at radius 3 is 2.00 bits per heavy atom. The lowest BCUT2D eigenvalue weighted by molar-refractivity contribution is -0.202. The summed E-state index contributed by atoms with van der Waals surface area (Å²) in [6.07, 6.45) is -3.75. The van der Waals surface area contributed by atoms with Crippen LogP contribution >= 0.6 is 23.2 Å². The van der Waals surface area contributed by atoms with Gasteiger partial charge in [0.05, 0.1) is 47.7 Å². The Labute approximate surface area is 338 Å². The molecule has 2 spiro atoms. The first-order chi connectivity index (χ1) is 26.5. The van der Waals surface area contributed by atoms with E-state index in [1.165, 1.54) is 22.5 Å². The van der Waals surface area contributed by atoms with Crippen LogP contribution < -0.4 is 11.1 Å². The Bertz CT molecular complexity index is 2210. The number of nitrogens with two attached hydrogens (primary N) is 1. The first kappa shape index (κ1) is 43.6. The molecule has 5 heterocycles. The number of aromatic hydroxyl groups is 1. The van der Waals surface area contributed by atoms with Gasteiger partial charge in [-0.1, -0.05) is 44.0 Å². The molecule has 2 aromatic carbocycles. The van der Waals surface area contributed by atoms with Gasteiger partial charge in [-0.25, -0.2) is 21.8 Å². The van der Waals surface area contributed by atoms with Gasteiger partial charge in [-0.15, -0.1) is 0 Å². The number of carbonyl (C=O) groups is 1. The molecule has 15 nitrogen and oxygen atoms in total. The van der Waals surface area contributed by atoms with Crippen molar-refractivity contribution in [3.8, 4) is 5.75 Å². The zero-order valence-electron chi connectivity index (χ0n) is 31.5. The number of morpholine rings is 2. The number of hydrogen-bond donors (Lipinski definition) is 3. The quantitative estimate of drug-likeness (QED) is 0.246. The second kappa shape index (κ2) is 15.9. The third-order valence-corrected chi connectivity index (χ3v) is 15.6. The molecule has 4 N–H and O–H groups in total. The molecule has 0 unspecified atom stereocenters. The largest absolute Gasteiger partial charge is 0.504 e. The number of nitrogen functional groups attached to an aromatic ring is 1. The van der Waals surface area contributed by atoms with Gasteiger partial charge in [-0.3, -0.25) is 4.79 Å². The molecular weight excluding hydrogens is 840 g/mol. The first-order valence-electron chi connectivity index (χ1n) is 18.2. The molecule has 3 aromatic rings. The number of amides is 1. The summed E-state index contributed by atoms with van der Waals surface area (Å²) < 4.78 is 112. The first-order valence-corrected chi connectivity index (χ1v) is 21.8. The highest BCUT2D eigenvalue weighted by Crippen LogP contribution is 2.41. The minimum Gasteiger partial charge on any atom is -0.504 e. The van der Waals surface area contributed by atoms with Crippen LogP contribution in [0.4, 0.5) is 18.9 Å². The lowest BCUT2D eigenvalue weighted by Crippen LogP contribution is -2.65. The van der Waals surface area contributed by atoms with Crippen molar-refractivity contribution in [2.75, 3.05) is 71.4 Å². The maximum Gasteiger partial charge on any atom is 0.471 e. The Morgan fingerprint density at radius 2 is 1.42 bits per heavy atom. The predicted molar refractivity (Wildman–Crippen MR) is 204 cm³/mol. The van der Waals surface area contributed by atoms with Crippen LogP contribution in [0.25, 0.3) is 11.1 Å². The van der Waals surface area contributed by atoms with Crippen molar-refractivity contribution in [1.29, 1.82) is 0 Å². The van der Waals surface area contributed by atoms with E-state index in [0.717, 1.165) is 15.7 Å². The van der Waals surface area contributed by atoms with E-state index in [-0.39, 0.29) is 82.3 Å². The fourth-order valence-corrected chi connectivity index (χ4v) is 11.6. The smallest absolute Gasteiger partial charge is 0.471 e. The van der Waals surface area contributed by atoms with Crippen molar-refractivity contribution >= 4 is 65.9 Å². The van der Waals surface area contributed by atoms with E-state index in [0.29, 0.717) is 50.6 Å². The van der Waals surface area contributed by atoms with Crippen LogP contribution in [-0.2, 0) is 39.7 Å². The van der Waals surface area contributed by atoms with Gasteiger partial charge in [0, 0.05) is 50.2 Å². The van der Waals surface area contributed by atoms with Crippen molar-refractivity contribution < 1.29 is 53.8 Å². The lowest BCUT2D eigenvalue weighted by Gasteiger charge is -2.50. The maximum atomic E-state index is 13.6. The Morgan fingerprint density at radius 1 is 0.860 bits per heavy atom. The zero-order chi connectivity index (χ0) is 41.8. The summed E-state index contributed by atoms with van der Waals surface area (Å²) in [5.41, 5.74) is 4.11. The zero-order valence-corrected chi connectivity index (χ0v) is 34.6. The number of anilines is 1. The maximum absolute atomic E-state index is 13.6. The van der Waals surface area contributed by atoms with E-state index in [1.807, 2.05) is 20.8 Å². The van der Waals surface area contributed by atoms with Crippen LogP contribution in [0.2, 0.25) is 10.0 Å². The number of nitrogens with one attached hydrogen (secondary N) is 1. The number of alkyl halides is 3. The van der Waals surface area contributed by atoms with E-state index in [4.69, 9.17) is 42.8 Å². The standard InChI is InChI=1S/C21H25ClF3N3O5S.C14H20ClN3O4S/c1-19(2,3)17-26-14-5-4-13(22)16(15(14)33-17)34(30,31)27-8-6-20(7-9-27)12-32-11-10-28(20)18(29)21(23,24)25;15-10-1-2-11(16)12(19)13(10)23(20,21)18-6-3-14(4-7-18)9-22-8-5-17-14/h4-5H,6-12H2,1-3H3;1-2,17,19H,3-9,16H2. The Kier molecular flexibility index (Phi) is 12.2. The number of oxazole rings is 1. The number of sulfonamides is 2. The highest BCUT2D eigenvalue weighted by molar-refractivity contribution is 7.89. The van der Waals surface area contributed by atoms with E-state index >= 15 is 0 Å². The molecule has 316 valence electrons. The monoisotopic (exact) mass is 884 g/mol. The Hall–Kier alpha value is -2.95. The van der Waals surface area contributed by atoms with E-state index in [1.54, 1.807) is 6.07 Å². The topological polar surface area (TPSA) is 198 Å². The number of carbonyl (C=O) groups excluding carboxylic acids is 1. The summed E-state index contributed by atoms with van der Waals surface area (Å²) in [4.78, 5) is 16.7. The summed E-state index contributed by atoms with van der Waals surface area (Å²) >= 11 is 12.3. The van der Waals surface area contributed by atoms with E-state index in [9.17, 15) is 39.9 Å². The predicted octanol–water partition coefficient (Wildman–Crippen LogP) is 4.49. The summed E-state index contributed by atoms with van der Waals surface area (Å²) in [6, 6.07) is 5.76. The van der Waals surface area contributed by atoms with Crippen LogP contribution in [0, 0.1) is 0 Å². The molecule has 22 heteroatoms. The highest BCUT2D eigenvalue weighted by Gasteiger charge is 2.53.